The number of carboxylic acids is 2. The van der Waals surface area contributed by atoms with E-state index in [2.05, 4.69) is 4.98 Å². The van der Waals surface area contributed by atoms with Crippen LogP contribution in [0, 0.1) is 5.82 Å². The minimum atomic E-state index is -1.27. The van der Waals surface area contributed by atoms with E-state index in [9.17, 15) is 14.0 Å². The smallest absolute Gasteiger partial charge is 0.335 e. The van der Waals surface area contributed by atoms with Crippen molar-refractivity contribution in [2.45, 2.75) is 0 Å². The summed E-state index contributed by atoms with van der Waals surface area (Å²) in [6.45, 7) is 0. The van der Waals surface area contributed by atoms with Crippen molar-refractivity contribution in [1.29, 1.82) is 0 Å². The molecule has 0 radical (unpaired) electrons. The van der Waals surface area contributed by atoms with E-state index in [0.717, 1.165) is 12.1 Å². The average Bonchev–Trinajstić information content (AvgIpc) is 2.38. The number of halogens is 1. The van der Waals surface area contributed by atoms with Crippen molar-refractivity contribution in [3.05, 3.63) is 53.5 Å². The second kappa shape index (κ2) is 4.85. The van der Waals surface area contributed by atoms with Gasteiger partial charge in [-0.15, -0.1) is 0 Å². The van der Waals surface area contributed by atoms with E-state index in [0.29, 0.717) is 0 Å². The molecule has 0 amide bonds. The number of rotatable bonds is 3. The molecule has 0 aliphatic heterocycles. The second-order valence-corrected chi connectivity index (χ2v) is 3.77. The first-order valence-corrected chi connectivity index (χ1v) is 5.21. The molecule has 0 aliphatic carbocycles. The molecule has 19 heavy (non-hydrogen) atoms. The van der Waals surface area contributed by atoms with Crippen LogP contribution in [-0.4, -0.2) is 27.1 Å². The molecular formula is C13H8FNO4. The molecule has 0 bridgehead atoms. The fraction of sp³-hybridized carbons (Fsp3) is 0. The quantitative estimate of drug-likeness (QED) is 0.884. The maximum absolute atomic E-state index is 13.3. The van der Waals surface area contributed by atoms with Gasteiger partial charge in [0, 0.05) is 11.8 Å². The first-order valence-electron chi connectivity index (χ1n) is 5.21. The highest BCUT2D eigenvalue weighted by molar-refractivity contribution is 5.91. The molecule has 0 atom stereocenters. The van der Waals surface area contributed by atoms with Crippen molar-refractivity contribution in [1.82, 2.24) is 4.98 Å². The van der Waals surface area contributed by atoms with Crippen LogP contribution in [0.5, 0.6) is 0 Å². The fourth-order valence-electron chi connectivity index (χ4n) is 1.58. The standard InChI is InChI=1S/C13H8FNO4/c14-10-4-8(3-9(5-10)13(18)19)11-6-7(12(16)17)1-2-15-11/h1-6H,(H,16,17)(H,18,19). The van der Waals surface area contributed by atoms with Crippen LogP contribution in [0.3, 0.4) is 0 Å². The summed E-state index contributed by atoms with van der Waals surface area (Å²) in [5.74, 6) is -3.13. The molecule has 2 aromatic rings. The van der Waals surface area contributed by atoms with Crippen LogP contribution < -0.4 is 0 Å². The first kappa shape index (κ1) is 12.7. The van der Waals surface area contributed by atoms with Gasteiger partial charge in [0.1, 0.15) is 5.82 Å². The summed E-state index contributed by atoms with van der Waals surface area (Å²) in [6.07, 6.45) is 1.27. The number of hydrogen-bond donors (Lipinski definition) is 2. The molecule has 96 valence electrons. The minimum absolute atomic E-state index is 0.00821. The zero-order valence-electron chi connectivity index (χ0n) is 9.50. The third-order valence-electron chi connectivity index (χ3n) is 2.45. The van der Waals surface area contributed by atoms with Gasteiger partial charge in [-0.05, 0) is 30.3 Å². The van der Waals surface area contributed by atoms with E-state index in [1.54, 1.807) is 0 Å². The van der Waals surface area contributed by atoms with Crippen molar-refractivity contribution in [2.75, 3.05) is 0 Å². The third-order valence-corrected chi connectivity index (χ3v) is 2.45. The Balaban J connectivity index is 2.55. The molecular weight excluding hydrogens is 253 g/mol. The summed E-state index contributed by atoms with van der Waals surface area (Å²) in [5, 5.41) is 17.7. The van der Waals surface area contributed by atoms with Crippen LogP contribution >= 0.6 is 0 Å². The predicted octanol–water partition coefficient (Wildman–Crippen LogP) is 2.28. The van der Waals surface area contributed by atoms with Gasteiger partial charge < -0.3 is 10.2 Å². The van der Waals surface area contributed by atoms with E-state index >= 15 is 0 Å². The minimum Gasteiger partial charge on any atom is -0.478 e. The van der Waals surface area contributed by atoms with Crippen LogP contribution in [-0.2, 0) is 0 Å². The molecule has 0 aliphatic rings. The topological polar surface area (TPSA) is 87.5 Å². The molecule has 5 nitrogen and oxygen atoms in total. The number of benzene rings is 1. The number of nitrogens with zero attached hydrogens (tertiary/aromatic N) is 1. The van der Waals surface area contributed by atoms with Crippen molar-refractivity contribution in [3.63, 3.8) is 0 Å². The van der Waals surface area contributed by atoms with E-state index < -0.39 is 17.8 Å². The molecule has 2 rings (SSSR count). The number of carbonyl (C=O) groups is 2. The largest absolute Gasteiger partial charge is 0.478 e. The Bertz CT molecular complexity index is 669. The normalized spacial score (nSPS) is 10.2. The van der Waals surface area contributed by atoms with E-state index in [4.69, 9.17) is 10.2 Å². The first-order chi connectivity index (χ1) is 8.97. The molecule has 6 heteroatoms. The van der Waals surface area contributed by atoms with Crippen LogP contribution in [0.25, 0.3) is 11.3 Å². The Morgan fingerprint density at radius 2 is 1.68 bits per heavy atom. The number of hydrogen-bond acceptors (Lipinski definition) is 3. The lowest BCUT2D eigenvalue weighted by Gasteiger charge is -2.04. The molecule has 0 fully saturated rings. The lowest BCUT2D eigenvalue weighted by molar-refractivity contribution is 0.0685. The Morgan fingerprint density at radius 3 is 2.32 bits per heavy atom. The Kier molecular flexibility index (Phi) is 3.24. The van der Waals surface area contributed by atoms with Gasteiger partial charge >= 0.3 is 11.9 Å². The molecule has 0 saturated heterocycles. The molecule has 1 aromatic carbocycles. The molecule has 1 aromatic heterocycles. The van der Waals surface area contributed by atoms with Crippen LogP contribution in [0.4, 0.5) is 4.39 Å². The van der Waals surface area contributed by atoms with Crippen molar-refractivity contribution in [3.8, 4) is 11.3 Å². The maximum atomic E-state index is 13.3. The maximum Gasteiger partial charge on any atom is 0.335 e. The zero-order chi connectivity index (χ0) is 14.0. The average molecular weight is 261 g/mol. The summed E-state index contributed by atoms with van der Waals surface area (Å²) in [5.41, 5.74) is 0.172. The van der Waals surface area contributed by atoms with Crippen LogP contribution in [0.2, 0.25) is 0 Å². The number of carboxylic acid groups (broad SMARTS) is 2. The van der Waals surface area contributed by atoms with Gasteiger partial charge in [-0.2, -0.15) is 0 Å². The lowest BCUT2D eigenvalue weighted by atomic mass is 10.1. The zero-order valence-corrected chi connectivity index (χ0v) is 9.50. The summed E-state index contributed by atoms with van der Waals surface area (Å²) in [7, 11) is 0. The highest BCUT2D eigenvalue weighted by Gasteiger charge is 2.11. The van der Waals surface area contributed by atoms with E-state index in [-0.39, 0.29) is 22.4 Å². The van der Waals surface area contributed by atoms with E-state index in [1.165, 1.54) is 24.4 Å². The number of pyridine rings is 1. The van der Waals surface area contributed by atoms with Gasteiger partial charge in [0.15, 0.2) is 0 Å². The lowest BCUT2D eigenvalue weighted by Crippen LogP contribution is -2.00. The SMILES string of the molecule is O=C(O)c1cc(F)cc(-c2cc(C(=O)O)ccn2)c1. The van der Waals surface area contributed by atoms with Gasteiger partial charge in [-0.3, -0.25) is 4.98 Å². The Labute approximate surface area is 107 Å². The van der Waals surface area contributed by atoms with E-state index in [1.807, 2.05) is 0 Å². The summed E-state index contributed by atoms with van der Waals surface area (Å²) in [6, 6.07) is 5.76. The van der Waals surface area contributed by atoms with Gasteiger partial charge in [0.2, 0.25) is 0 Å². The van der Waals surface area contributed by atoms with Crippen molar-refractivity contribution in [2.24, 2.45) is 0 Å². The fourth-order valence-corrected chi connectivity index (χ4v) is 1.58. The summed E-state index contributed by atoms with van der Waals surface area (Å²) in [4.78, 5) is 25.6. The highest BCUT2D eigenvalue weighted by atomic mass is 19.1. The van der Waals surface area contributed by atoms with Crippen LogP contribution in [0.15, 0.2) is 36.5 Å². The van der Waals surface area contributed by atoms with Crippen LogP contribution in [0.1, 0.15) is 20.7 Å². The van der Waals surface area contributed by atoms with Crippen molar-refractivity contribution < 1.29 is 24.2 Å². The predicted molar refractivity (Wildman–Crippen MR) is 63.5 cm³/mol. The molecule has 0 saturated carbocycles. The Morgan fingerprint density at radius 1 is 1.00 bits per heavy atom. The molecule has 1 heterocycles. The Hall–Kier alpha value is -2.76. The van der Waals surface area contributed by atoms with Gasteiger partial charge in [0.05, 0.1) is 16.8 Å². The highest BCUT2D eigenvalue weighted by Crippen LogP contribution is 2.21. The monoisotopic (exact) mass is 261 g/mol. The van der Waals surface area contributed by atoms with Gasteiger partial charge in [-0.25, -0.2) is 14.0 Å². The summed E-state index contributed by atoms with van der Waals surface area (Å²) < 4.78 is 13.3. The van der Waals surface area contributed by atoms with Gasteiger partial charge in [0.25, 0.3) is 0 Å². The number of aromatic carboxylic acids is 2. The molecule has 0 unspecified atom stereocenters. The van der Waals surface area contributed by atoms with Crippen molar-refractivity contribution >= 4 is 11.9 Å². The molecule has 0 spiro atoms. The summed E-state index contributed by atoms with van der Waals surface area (Å²) >= 11 is 0. The number of aromatic nitrogens is 1. The van der Waals surface area contributed by atoms with Gasteiger partial charge in [-0.1, -0.05) is 0 Å². The molecule has 2 N–H and O–H groups in total. The second-order valence-electron chi connectivity index (χ2n) is 3.77. The third kappa shape index (κ3) is 2.74.